The summed E-state index contributed by atoms with van der Waals surface area (Å²) < 4.78 is 5.97. The summed E-state index contributed by atoms with van der Waals surface area (Å²) in [4.78, 5) is 80.1. The Labute approximate surface area is 354 Å². The maximum Gasteiger partial charge on any atom is 0.255 e. The second-order valence-corrected chi connectivity index (χ2v) is 14.7. The Morgan fingerprint density at radius 2 is 1.69 bits per heavy atom. The van der Waals surface area contributed by atoms with Crippen LogP contribution in [0.1, 0.15) is 64.7 Å². The fourth-order valence-corrected chi connectivity index (χ4v) is 7.14. The average Bonchev–Trinajstić information content (AvgIpc) is 3.24. The number of hydrogen-bond acceptors (Lipinski definition) is 12. The van der Waals surface area contributed by atoms with Gasteiger partial charge in [0.2, 0.25) is 23.6 Å². The molecule has 4 atom stereocenters. The molecule has 3 aromatic carbocycles. The van der Waals surface area contributed by atoms with Crippen LogP contribution in [0.4, 0.5) is 0 Å². The number of ether oxygens (including phenoxy) is 1. The number of amides is 5. The SMILES string of the molecule is CCc1ccc(-c2nc(C)c(C(=O)N[C@@H](CCN)C(=O)N(C)[C@@H]3C(=O)N[C@@H](C)C(=O)N[C@H](C(=O)NCC#N)Cc4ccc(O)c(c4)-c4cc3ccc4OCCN)c(C)n2)cc1. The average molecular weight is 833 g/mol. The molecule has 320 valence electrons. The number of nitrogens with zero attached hydrogens (tertiary/aromatic N) is 4. The number of phenolic OH excluding ortho intramolecular Hbond substituents is 1. The topological polar surface area (TPSA) is 268 Å². The van der Waals surface area contributed by atoms with Crippen LogP contribution in [-0.4, -0.2) is 101 Å². The van der Waals surface area contributed by atoms with Gasteiger partial charge in [0, 0.05) is 36.7 Å². The van der Waals surface area contributed by atoms with Crippen LogP contribution in [0.5, 0.6) is 11.5 Å². The van der Waals surface area contributed by atoms with Crippen LogP contribution in [0, 0.1) is 25.2 Å². The van der Waals surface area contributed by atoms with Crippen molar-refractivity contribution >= 4 is 29.5 Å². The monoisotopic (exact) mass is 832 g/mol. The molecule has 1 aromatic heterocycles. The van der Waals surface area contributed by atoms with Crippen molar-refractivity contribution in [1.29, 1.82) is 5.26 Å². The molecule has 0 saturated carbocycles. The first-order valence-electron chi connectivity index (χ1n) is 20.0. The van der Waals surface area contributed by atoms with Gasteiger partial charge in [0.15, 0.2) is 5.82 Å². The maximum atomic E-state index is 14.6. The molecule has 0 spiro atoms. The number of benzene rings is 3. The van der Waals surface area contributed by atoms with Crippen LogP contribution >= 0.6 is 0 Å². The lowest BCUT2D eigenvalue weighted by Gasteiger charge is -2.32. The first-order valence-corrected chi connectivity index (χ1v) is 20.0. The molecule has 1 aliphatic heterocycles. The number of hydrogen-bond donors (Lipinski definition) is 7. The van der Waals surface area contributed by atoms with E-state index in [2.05, 4.69) is 38.2 Å². The summed E-state index contributed by atoms with van der Waals surface area (Å²) in [5, 5.41) is 30.9. The number of nitrogens with one attached hydrogen (secondary N) is 4. The van der Waals surface area contributed by atoms with Crippen molar-refractivity contribution in [2.24, 2.45) is 11.5 Å². The fourth-order valence-electron chi connectivity index (χ4n) is 7.14. The third-order valence-corrected chi connectivity index (χ3v) is 10.4. The first-order chi connectivity index (χ1) is 29.2. The molecule has 5 rings (SSSR count). The molecule has 0 saturated heterocycles. The largest absolute Gasteiger partial charge is 0.507 e. The standard InChI is InChI=1S/C44H52N10O7/c1-6-27-7-10-29(11-8-27)39-49-24(2)37(25(3)50-39)42(58)52-33(15-16-45)44(60)54(5)38-30-12-14-36(61-20-18-47)32(23-30)31-21-28(9-13-35(31)55)22-34(41(57)48-19-17-46)53-40(56)26(4)51-43(38)59/h7-14,21,23,26,33-34,38,55H,6,15-16,18-20,22,45,47H2,1-5H3,(H,48,57)(H,51,59)(H,52,58)(H,53,56)/t26-,33-,34-,38-/m0/s1. The molecule has 17 heteroatoms. The highest BCUT2D eigenvalue weighted by molar-refractivity contribution is 6.00. The van der Waals surface area contributed by atoms with Gasteiger partial charge < -0.3 is 47.5 Å². The zero-order valence-corrected chi connectivity index (χ0v) is 34.9. The van der Waals surface area contributed by atoms with Crippen LogP contribution in [-0.2, 0) is 32.0 Å². The Balaban J connectivity index is 1.55. The van der Waals surface area contributed by atoms with Gasteiger partial charge >= 0.3 is 0 Å². The van der Waals surface area contributed by atoms with Gasteiger partial charge in [-0.2, -0.15) is 5.26 Å². The minimum absolute atomic E-state index is 0.00406. The van der Waals surface area contributed by atoms with Gasteiger partial charge in [0.1, 0.15) is 48.8 Å². The van der Waals surface area contributed by atoms with E-state index >= 15 is 0 Å². The molecule has 0 aliphatic carbocycles. The summed E-state index contributed by atoms with van der Waals surface area (Å²) in [5.74, 6) is -2.84. The lowest BCUT2D eigenvalue weighted by atomic mass is 9.93. The van der Waals surface area contributed by atoms with E-state index in [4.69, 9.17) is 21.5 Å². The van der Waals surface area contributed by atoms with E-state index in [9.17, 15) is 29.1 Å². The molecular weight excluding hydrogens is 781 g/mol. The van der Waals surface area contributed by atoms with Gasteiger partial charge in [-0.3, -0.25) is 24.0 Å². The van der Waals surface area contributed by atoms with Crippen LogP contribution in [0.15, 0.2) is 60.7 Å². The predicted octanol–water partition coefficient (Wildman–Crippen LogP) is 1.87. The first kappa shape index (κ1) is 45.2. The lowest BCUT2D eigenvalue weighted by Crippen LogP contribution is -2.56. The Morgan fingerprint density at radius 3 is 2.33 bits per heavy atom. The van der Waals surface area contributed by atoms with Crippen LogP contribution in [0.3, 0.4) is 0 Å². The number of rotatable bonds is 13. The van der Waals surface area contributed by atoms with Gasteiger partial charge in [-0.05, 0) is 81.1 Å². The molecule has 5 amide bonds. The summed E-state index contributed by atoms with van der Waals surface area (Å²) >= 11 is 0. The third-order valence-electron chi connectivity index (χ3n) is 10.4. The van der Waals surface area contributed by atoms with E-state index in [0.29, 0.717) is 34.1 Å². The molecule has 0 fully saturated rings. The van der Waals surface area contributed by atoms with E-state index in [1.165, 1.54) is 20.0 Å². The van der Waals surface area contributed by atoms with Crippen LogP contribution in [0.25, 0.3) is 22.5 Å². The summed E-state index contributed by atoms with van der Waals surface area (Å²) in [7, 11) is 1.39. The molecule has 61 heavy (non-hydrogen) atoms. The number of phenols is 1. The molecule has 1 aliphatic rings. The van der Waals surface area contributed by atoms with Crippen molar-refractivity contribution in [3.63, 3.8) is 0 Å². The quantitative estimate of drug-likeness (QED) is 0.0953. The van der Waals surface area contributed by atoms with Gasteiger partial charge in [0.25, 0.3) is 5.91 Å². The predicted molar refractivity (Wildman–Crippen MR) is 227 cm³/mol. The number of carbonyl (C=O) groups excluding carboxylic acids is 5. The number of aryl methyl sites for hydroxylation is 3. The normalized spacial score (nSPS) is 16.8. The molecule has 4 aromatic rings. The highest BCUT2D eigenvalue weighted by Gasteiger charge is 2.36. The van der Waals surface area contributed by atoms with Crippen molar-refractivity contribution in [2.45, 2.75) is 71.1 Å². The number of fused-ring (bicyclic) bond motifs is 5. The molecular formula is C44H52N10O7. The lowest BCUT2D eigenvalue weighted by molar-refractivity contribution is -0.141. The Morgan fingerprint density at radius 1 is 0.984 bits per heavy atom. The Kier molecular flexibility index (Phi) is 15.1. The van der Waals surface area contributed by atoms with E-state index in [0.717, 1.165) is 22.4 Å². The summed E-state index contributed by atoms with van der Waals surface area (Å²) in [6.45, 7) is 6.81. The molecule has 4 bridgehead atoms. The number of nitriles is 1. The smallest absolute Gasteiger partial charge is 0.255 e. The highest BCUT2D eigenvalue weighted by atomic mass is 16.5. The minimum atomic E-state index is -1.42. The van der Waals surface area contributed by atoms with Crippen LogP contribution < -0.4 is 37.5 Å². The van der Waals surface area contributed by atoms with Gasteiger partial charge in [0.05, 0.1) is 23.0 Å². The second kappa shape index (κ2) is 20.4. The number of nitrogens with two attached hydrogens (primary N) is 2. The van der Waals surface area contributed by atoms with Crippen molar-refractivity contribution in [2.75, 3.05) is 33.3 Å². The van der Waals surface area contributed by atoms with Crippen molar-refractivity contribution in [1.82, 2.24) is 36.1 Å². The molecule has 17 nitrogen and oxygen atoms in total. The maximum absolute atomic E-state index is 14.6. The van der Waals surface area contributed by atoms with Crippen molar-refractivity contribution in [3.8, 4) is 40.1 Å². The van der Waals surface area contributed by atoms with Crippen molar-refractivity contribution < 1.29 is 33.8 Å². The van der Waals surface area contributed by atoms with Crippen molar-refractivity contribution in [3.05, 3.63) is 94.3 Å². The van der Waals surface area contributed by atoms with E-state index in [1.807, 2.05) is 30.3 Å². The molecule has 2 heterocycles. The molecule has 9 N–H and O–H groups in total. The molecule has 0 radical (unpaired) electrons. The minimum Gasteiger partial charge on any atom is -0.507 e. The van der Waals surface area contributed by atoms with Gasteiger partial charge in [-0.25, -0.2) is 9.97 Å². The van der Waals surface area contributed by atoms with E-state index < -0.39 is 53.7 Å². The highest BCUT2D eigenvalue weighted by Crippen LogP contribution is 2.39. The second-order valence-electron chi connectivity index (χ2n) is 14.7. The number of likely N-dealkylation sites (N-methyl/N-ethyl adjacent to an activating group) is 1. The number of carbonyl (C=O) groups is 5. The summed E-state index contributed by atoms with van der Waals surface area (Å²) in [6, 6.07) is 14.0. The Hall–Kier alpha value is -6.90. The molecule has 0 unspecified atom stereocenters. The summed E-state index contributed by atoms with van der Waals surface area (Å²) in [5.41, 5.74) is 16.1. The summed E-state index contributed by atoms with van der Waals surface area (Å²) in [6.07, 6.45) is 0.837. The van der Waals surface area contributed by atoms with Gasteiger partial charge in [-0.15, -0.1) is 0 Å². The van der Waals surface area contributed by atoms with Crippen LogP contribution in [0.2, 0.25) is 0 Å². The number of aromatic nitrogens is 2. The van der Waals surface area contributed by atoms with E-state index in [1.54, 1.807) is 44.2 Å². The zero-order valence-electron chi connectivity index (χ0n) is 34.9. The fraction of sp³-hybridized carbons (Fsp3) is 0.364. The Bertz CT molecular complexity index is 2310. The zero-order chi connectivity index (χ0) is 44.4. The van der Waals surface area contributed by atoms with Gasteiger partial charge in [-0.1, -0.05) is 43.3 Å². The van der Waals surface area contributed by atoms with E-state index in [-0.39, 0.29) is 61.5 Å². The third kappa shape index (κ3) is 10.7. The number of aromatic hydroxyl groups is 1.